The molecule has 0 rings (SSSR count). The van der Waals surface area contributed by atoms with E-state index in [-0.39, 0.29) is 11.9 Å². The minimum absolute atomic E-state index is 0.0112. The van der Waals surface area contributed by atoms with E-state index in [2.05, 4.69) is 5.32 Å². The van der Waals surface area contributed by atoms with Gasteiger partial charge in [-0.05, 0) is 19.3 Å². The van der Waals surface area contributed by atoms with E-state index >= 15 is 0 Å². The maximum absolute atomic E-state index is 11.4. The van der Waals surface area contributed by atoms with Crippen LogP contribution in [-0.2, 0) is 4.79 Å². The minimum atomic E-state index is -0.0112. The summed E-state index contributed by atoms with van der Waals surface area (Å²) in [6.07, 6.45) is 2.80. The van der Waals surface area contributed by atoms with Gasteiger partial charge in [0.25, 0.3) is 0 Å². The Morgan fingerprint density at radius 2 is 2.07 bits per heavy atom. The highest BCUT2D eigenvalue weighted by Crippen LogP contribution is 1.98. The van der Waals surface area contributed by atoms with Crippen molar-refractivity contribution < 1.29 is 4.79 Å². The molecule has 0 bridgehead atoms. The molecule has 3 nitrogen and oxygen atoms in total. The van der Waals surface area contributed by atoms with Crippen LogP contribution in [0.5, 0.6) is 0 Å². The summed E-state index contributed by atoms with van der Waals surface area (Å²) >= 11 is 0. The van der Waals surface area contributed by atoms with Crippen LogP contribution in [0.15, 0.2) is 11.6 Å². The van der Waals surface area contributed by atoms with Crippen LogP contribution in [0.25, 0.3) is 0 Å². The second-order valence-electron chi connectivity index (χ2n) is 3.91. The van der Waals surface area contributed by atoms with Gasteiger partial charge in [0.15, 0.2) is 0 Å². The van der Waals surface area contributed by atoms with Gasteiger partial charge in [-0.2, -0.15) is 0 Å². The monoisotopic (exact) mass is 198 g/mol. The van der Waals surface area contributed by atoms with Crippen molar-refractivity contribution in [3.05, 3.63) is 11.6 Å². The SMILES string of the molecule is CCC=C(C)C(=O)NCC(N)C(C)C. The Labute approximate surface area is 86.8 Å². The van der Waals surface area contributed by atoms with Gasteiger partial charge in [0.05, 0.1) is 0 Å². The van der Waals surface area contributed by atoms with Gasteiger partial charge in [-0.1, -0.05) is 26.8 Å². The lowest BCUT2D eigenvalue weighted by atomic mass is 10.1. The van der Waals surface area contributed by atoms with Crippen LogP contribution in [0.1, 0.15) is 34.1 Å². The van der Waals surface area contributed by atoms with Crippen LogP contribution in [0, 0.1) is 5.92 Å². The van der Waals surface area contributed by atoms with Crippen LogP contribution in [0.2, 0.25) is 0 Å². The normalized spacial score (nSPS) is 14.3. The van der Waals surface area contributed by atoms with Gasteiger partial charge in [0.1, 0.15) is 0 Å². The van der Waals surface area contributed by atoms with Crippen molar-refractivity contribution in [3.8, 4) is 0 Å². The molecule has 0 aromatic heterocycles. The summed E-state index contributed by atoms with van der Waals surface area (Å²) in [4.78, 5) is 11.4. The van der Waals surface area contributed by atoms with Gasteiger partial charge in [-0.25, -0.2) is 0 Å². The molecule has 82 valence electrons. The predicted molar refractivity (Wildman–Crippen MR) is 59.9 cm³/mol. The summed E-state index contributed by atoms with van der Waals surface area (Å²) in [5, 5.41) is 2.82. The van der Waals surface area contributed by atoms with Gasteiger partial charge < -0.3 is 11.1 Å². The summed E-state index contributed by atoms with van der Waals surface area (Å²) < 4.78 is 0. The maximum atomic E-state index is 11.4. The largest absolute Gasteiger partial charge is 0.351 e. The Balaban J connectivity index is 3.91. The van der Waals surface area contributed by atoms with Crippen molar-refractivity contribution in [2.45, 2.75) is 40.2 Å². The standard InChI is InChI=1S/C11H22N2O/c1-5-6-9(4)11(14)13-7-10(12)8(2)3/h6,8,10H,5,7,12H2,1-4H3,(H,13,14). The van der Waals surface area contributed by atoms with Crippen LogP contribution >= 0.6 is 0 Å². The van der Waals surface area contributed by atoms with E-state index < -0.39 is 0 Å². The molecule has 0 aliphatic rings. The number of allylic oxidation sites excluding steroid dienone is 1. The molecule has 0 spiro atoms. The van der Waals surface area contributed by atoms with Crippen LogP contribution < -0.4 is 11.1 Å². The van der Waals surface area contributed by atoms with Crippen molar-refractivity contribution in [1.82, 2.24) is 5.32 Å². The lowest BCUT2D eigenvalue weighted by Gasteiger charge is -2.16. The van der Waals surface area contributed by atoms with Crippen molar-refractivity contribution in [2.75, 3.05) is 6.54 Å². The molecule has 0 aromatic carbocycles. The number of carbonyl (C=O) groups excluding carboxylic acids is 1. The molecule has 0 radical (unpaired) electrons. The van der Waals surface area contributed by atoms with E-state index in [9.17, 15) is 4.79 Å². The van der Waals surface area contributed by atoms with Gasteiger partial charge in [0, 0.05) is 18.2 Å². The summed E-state index contributed by atoms with van der Waals surface area (Å²) in [5.41, 5.74) is 6.57. The third-order valence-electron chi connectivity index (χ3n) is 2.22. The molecule has 1 atom stereocenters. The van der Waals surface area contributed by atoms with Gasteiger partial charge in [0.2, 0.25) is 5.91 Å². The number of hydrogen-bond acceptors (Lipinski definition) is 2. The minimum Gasteiger partial charge on any atom is -0.351 e. The van der Waals surface area contributed by atoms with E-state index in [1.165, 1.54) is 0 Å². The Kier molecular flexibility index (Phi) is 6.21. The van der Waals surface area contributed by atoms with Crippen molar-refractivity contribution in [2.24, 2.45) is 11.7 Å². The first-order valence-corrected chi connectivity index (χ1v) is 5.19. The zero-order chi connectivity index (χ0) is 11.1. The van der Waals surface area contributed by atoms with Crippen LogP contribution in [0.3, 0.4) is 0 Å². The molecule has 0 fully saturated rings. The molecule has 0 aromatic rings. The first kappa shape index (κ1) is 13.2. The fraction of sp³-hybridized carbons (Fsp3) is 0.727. The van der Waals surface area contributed by atoms with Crippen molar-refractivity contribution >= 4 is 5.91 Å². The first-order chi connectivity index (χ1) is 6.49. The second-order valence-corrected chi connectivity index (χ2v) is 3.91. The quantitative estimate of drug-likeness (QED) is 0.657. The third-order valence-corrected chi connectivity index (χ3v) is 2.22. The highest BCUT2D eigenvalue weighted by Gasteiger charge is 2.09. The van der Waals surface area contributed by atoms with Crippen LogP contribution in [0.4, 0.5) is 0 Å². The number of amides is 1. The fourth-order valence-corrected chi connectivity index (χ4v) is 0.985. The highest BCUT2D eigenvalue weighted by molar-refractivity contribution is 5.92. The van der Waals surface area contributed by atoms with E-state index in [1.54, 1.807) is 0 Å². The summed E-state index contributed by atoms with van der Waals surface area (Å²) in [6, 6.07) is 0.0355. The molecule has 0 saturated carbocycles. The third kappa shape index (κ3) is 5.02. The number of carbonyl (C=O) groups is 1. The molecule has 0 saturated heterocycles. The Bertz CT molecular complexity index is 209. The summed E-state index contributed by atoms with van der Waals surface area (Å²) in [5.74, 6) is 0.383. The molecule has 0 heterocycles. The van der Waals surface area contributed by atoms with Crippen molar-refractivity contribution in [1.29, 1.82) is 0 Å². The smallest absolute Gasteiger partial charge is 0.246 e. The van der Waals surface area contributed by atoms with E-state index in [1.807, 2.05) is 33.8 Å². The summed E-state index contributed by atoms with van der Waals surface area (Å²) in [7, 11) is 0. The molecule has 1 amide bonds. The van der Waals surface area contributed by atoms with E-state index in [0.717, 1.165) is 12.0 Å². The zero-order valence-corrected chi connectivity index (χ0v) is 9.63. The lowest BCUT2D eigenvalue weighted by molar-refractivity contribution is -0.117. The van der Waals surface area contributed by atoms with E-state index in [0.29, 0.717) is 12.5 Å². The zero-order valence-electron chi connectivity index (χ0n) is 9.63. The summed E-state index contributed by atoms with van der Waals surface area (Å²) in [6.45, 7) is 8.47. The molecule has 0 aliphatic carbocycles. The molecule has 3 N–H and O–H groups in total. The van der Waals surface area contributed by atoms with Gasteiger partial charge in [-0.15, -0.1) is 0 Å². The highest BCUT2D eigenvalue weighted by atomic mass is 16.1. The first-order valence-electron chi connectivity index (χ1n) is 5.19. The molecule has 14 heavy (non-hydrogen) atoms. The Hall–Kier alpha value is -0.830. The molecule has 0 aliphatic heterocycles. The average molecular weight is 198 g/mol. The van der Waals surface area contributed by atoms with Crippen LogP contribution in [-0.4, -0.2) is 18.5 Å². The number of nitrogens with two attached hydrogens (primary N) is 1. The maximum Gasteiger partial charge on any atom is 0.246 e. The predicted octanol–water partition coefficient (Wildman–Crippen LogP) is 1.44. The molecular formula is C11H22N2O. The second kappa shape index (κ2) is 6.60. The van der Waals surface area contributed by atoms with Gasteiger partial charge in [-0.3, -0.25) is 4.79 Å². The molecular weight excluding hydrogens is 176 g/mol. The number of nitrogens with one attached hydrogen (secondary N) is 1. The molecule has 3 heteroatoms. The molecule has 1 unspecified atom stereocenters. The average Bonchev–Trinajstić information content (AvgIpc) is 2.13. The topological polar surface area (TPSA) is 55.1 Å². The Morgan fingerprint density at radius 3 is 2.50 bits per heavy atom. The fourth-order valence-electron chi connectivity index (χ4n) is 0.985. The lowest BCUT2D eigenvalue weighted by Crippen LogP contribution is -2.40. The van der Waals surface area contributed by atoms with E-state index in [4.69, 9.17) is 5.73 Å². The van der Waals surface area contributed by atoms with Crippen molar-refractivity contribution in [3.63, 3.8) is 0 Å². The van der Waals surface area contributed by atoms with Gasteiger partial charge >= 0.3 is 0 Å². The Morgan fingerprint density at radius 1 is 1.50 bits per heavy atom. The number of hydrogen-bond donors (Lipinski definition) is 2. The number of rotatable bonds is 5.